The first-order chi connectivity index (χ1) is 7.73. The summed E-state index contributed by atoms with van der Waals surface area (Å²) in [6.45, 7) is 14.0. The molecule has 0 saturated carbocycles. The molecule has 0 aromatic carbocycles. The van der Waals surface area contributed by atoms with Crippen molar-refractivity contribution in [3.05, 3.63) is 12.7 Å². The predicted octanol–water partition coefficient (Wildman–Crippen LogP) is 1.60. The van der Waals surface area contributed by atoms with E-state index in [1.54, 1.807) is 13.0 Å². The summed E-state index contributed by atoms with van der Waals surface area (Å²) >= 11 is 0. The lowest BCUT2D eigenvalue weighted by atomic mass is 10.3. The van der Waals surface area contributed by atoms with Gasteiger partial charge < -0.3 is 5.32 Å². The Balaban J connectivity index is 4.76. The molecule has 0 bridgehead atoms. The van der Waals surface area contributed by atoms with Gasteiger partial charge in [-0.25, -0.2) is 8.42 Å². The molecule has 102 valence electrons. The lowest BCUT2D eigenvalue weighted by Gasteiger charge is -2.28. The van der Waals surface area contributed by atoms with Crippen LogP contribution in [0.1, 0.15) is 34.6 Å². The molecule has 0 fully saturated rings. The van der Waals surface area contributed by atoms with E-state index >= 15 is 0 Å². The molecule has 0 amide bonds. The maximum absolute atomic E-state index is 12.3. The van der Waals surface area contributed by atoms with E-state index in [0.717, 1.165) is 0 Å². The van der Waals surface area contributed by atoms with Gasteiger partial charge in [-0.05, 0) is 20.8 Å². The fourth-order valence-corrected chi connectivity index (χ4v) is 3.14. The van der Waals surface area contributed by atoms with Crippen LogP contribution in [0.4, 0.5) is 0 Å². The summed E-state index contributed by atoms with van der Waals surface area (Å²) in [6.07, 6.45) is 1.63. The van der Waals surface area contributed by atoms with E-state index in [1.807, 2.05) is 27.7 Å². The van der Waals surface area contributed by atoms with Crippen LogP contribution in [-0.4, -0.2) is 43.1 Å². The van der Waals surface area contributed by atoms with Gasteiger partial charge in [-0.3, -0.25) is 0 Å². The third-order valence-electron chi connectivity index (χ3n) is 2.53. The standard InChI is InChI=1S/C12H26N2O2S/c1-7-8-14(11(4)5)17(15,16)12(6)9-13-10(2)3/h7,10-13H,1,8-9H2,2-6H3. The largest absolute Gasteiger partial charge is 0.313 e. The molecule has 0 aliphatic heterocycles. The summed E-state index contributed by atoms with van der Waals surface area (Å²) < 4.78 is 26.1. The van der Waals surface area contributed by atoms with E-state index in [4.69, 9.17) is 0 Å². The topological polar surface area (TPSA) is 49.4 Å². The molecule has 1 atom stereocenters. The second kappa shape index (κ2) is 7.13. The normalized spacial score (nSPS) is 14.6. The molecule has 1 N–H and O–H groups in total. The molecule has 0 aromatic heterocycles. The van der Waals surface area contributed by atoms with Gasteiger partial charge in [-0.1, -0.05) is 19.9 Å². The van der Waals surface area contributed by atoms with Crippen molar-refractivity contribution in [1.29, 1.82) is 0 Å². The van der Waals surface area contributed by atoms with E-state index in [9.17, 15) is 8.42 Å². The van der Waals surface area contributed by atoms with Gasteiger partial charge in [0.25, 0.3) is 0 Å². The lowest BCUT2D eigenvalue weighted by molar-refractivity contribution is 0.375. The fourth-order valence-electron chi connectivity index (χ4n) is 1.47. The maximum Gasteiger partial charge on any atom is 0.218 e. The molecule has 0 rings (SSSR count). The van der Waals surface area contributed by atoms with E-state index < -0.39 is 15.3 Å². The molecule has 0 aromatic rings. The van der Waals surface area contributed by atoms with Gasteiger partial charge in [-0.2, -0.15) is 4.31 Å². The van der Waals surface area contributed by atoms with E-state index in [-0.39, 0.29) is 6.04 Å². The Labute approximate surface area is 106 Å². The summed E-state index contributed by atoms with van der Waals surface area (Å²) in [4.78, 5) is 0. The predicted molar refractivity (Wildman–Crippen MR) is 73.6 cm³/mol. The Morgan fingerprint density at radius 1 is 1.24 bits per heavy atom. The number of rotatable bonds is 8. The van der Waals surface area contributed by atoms with E-state index in [0.29, 0.717) is 19.1 Å². The summed E-state index contributed by atoms with van der Waals surface area (Å²) in [5, 5.41) is 2.73. The number of sulfonamides is 1. The monoisotopic (exact) mass is 262 g/mol. The molecule has 1 unspecified atom stereocenters. The first-order valence-corrected chi connectivity index (χ1v) is 7.58. The number of nitrogens with one attached hydrogen (secondary N) is 1. The lowest BCUT2D eigenvalue weighted by Crippen LogP contribution is -2.46. The Kier molecular flexibility index (Phi) is 6.97. The summed E-state index contributed by atoms with van der Waals surface area (Å²) in [7, 11) is -3.26. The molecule has 0 heterocycles. The number of hydrogen-bond acceptors (Lipinski definition) is 3. The van der Waals surface area contributed by atoms with E-state index in [1.165, 1.54) is 4.31 Å². The Morgan fingerprint density at radius 2 is 1.76 bits per heavy atom. The zero-order valence-electron chi connectivity index (χ0n) is 11.6. The molecule has 17 heavy (non-hydrogen) atoms. The minimum absolute atomic E-state index is 0.0421. The van der Waals surface area contributed by atoms with Crippen molar-refractivity contribution in [3.8, 4) is 0 Å². The van der Waals surface area contributed by atoms with Crippen LogP contribution in [-0.2, 0) is 10.0 Å². The Hall–Kier alpha value is -0.390. The van der Waals surface area contributed by atoms with Gasteiger partial charge >= 0.3 is 0 Å². The van der Waals surface area contributed by atoms with Crippen LogP contribution >= 0.6 is 0 Å². The van der Waals surface area contributed by atoms with Gasteiger partial charge in [0.15, 0.2) is 0 Å². The van der Waals surface area contributed by atoms with Crippen molar-refractivity contribution in [2.24, 2.45) is 0 Å². The highest BCUT2D eigenvalue weighted by atomic mass is 32.2. The second-order valence-corrected chi connectivity index (χ2v) is 7.17. The number of nitrogens with zero attached hydrogens (tertiary/aromatic N) is 1. The Morgan fingerprint density at radius 3 is 2.12 bits per heavy atom. The summed E-state index contributed by atoms with van der Waals surface area (Å²) in [5.74, 6) is 0. The van der Waals surface area contributed by atoms with Crippen molar-refractivity contribution in [2.75, 3.05) is 13.1 Å². The second-order valence-electron chi connectivity index (χ2n) is 4.87. The van der Waals surface area contributed by atoms with Gasteiger partial charge in [0.1, 0.15) is 0 Å². The zero-order chi connectivity index (χ0) is 13.6. The third kappa shape index (κ3) is 5.19. The fraction of sp³-hybridized carbons (Fsp3) is 0.833. The maximum atomic E-state index is 12.3. The van der Waals surface area contributed by atoms with Gasteiger partial charge in [0, 0.05) is 25.2 Å². The smallest absolute Gasteiger partial charge is 0.218 e. The Bertz CT molecular complexity index is 323. The molecular formula is C12H26N2O2S. The molecule has 5 heteroatoms. The molecule has 0 radical (unpaired) electrons. The van der Waals surface area contributed by atoms with Crippen molar-refractivity contribution in [2.45, 2.75) is 52.0 Å². The van der Waals surface area contributed by atoms with Gasteiger partial charge in [0.2, 0.25) is 10.0 Å². The van der Waals surface area contributed by atoms with Gasteiger partial charge in [-0.15, -0.1) is 6.58 Å². The van der Waals surface area contributed by atoms with E-state index in [2.05, 4.69) is 11.9 Å². The first-order valence-electron chi connectivity index (χ1n) is 6.08. The van der Waals surface area contributed by atoms with Crippen LogP contribution in [0.2, 0.25) is 0 Å². The minimum Gasteiger partial charge on any atom is -0.313 e. The highest BCUT2D eigenvalue weighted by Gasteiger charge is 2.29. The summed E-state index contributed by atoms with van der Waals surface area (Å²) in [5.41, 5.74) is 0. The molecule has 0 aliphatic rings. The van der Waals surface area contributed by atoms with Gasteiger partial charge in [0.05, 0.1) is 5.25 Å². The minimum atomic E-state index is -3.26. The zero-order valence-corrected chi connectivity index (χ0v) is 12.4. The van der Waals surface area contributed by atoms with Crippen LogP contribution in [0, 0.1) is 0 Å². The van der Waals surface area contributed by atoms with Crippen molar-refractivity contribution < 1.29 is 8.42 Å². The molecule has 0 saturated heterocycles. The SMILES string of the molecule is C=CCN(C(C)C)S(=O)(=O)C(C)CNC(C)C. The van der Waals surface area contributed by atoms with Crippen LogP contribution in [0.5, 0.6) is 0 Å². The molecule has 0 aliphatic carbocycles. The van der Waals surface area contributed by atoms with Crippen molar-refractivity contribution in [3.63, 3.8) is 0 Å². The van der Waals surface area contributed by atoms with Crippen molar-refractivity contribution in [1.82, 2.24) is 9.62 Å². The van der Waals surface area contributed by atoms with Crippen molar-refractivity contribution >= 4 is 10.0 Å². The average Bonchev–Trinajstić information content (AvgIpc) is 2.21. The average molecular weight is 262 g/mol. The van der Waals surface area contributed by atoms with Crippen LogP contribution in [0.3, 0.4) is 0 Å². The van der Waals surface area contributed by atoms with Crippen LogP contribution < -0.4 is 5.32 Å². The molecule has 4 nitrogen and oxygen atoms in total. The highest BCUT2D eigenvalue weighted by molar-refractivity contribution is 7.89. The molecule has 0 spiro atoms. The quantitative estimate of drug-likeness (QED) is 0.676. The highest BCUT2D eigenvalue weighted by Crippen LogP contribution is 2.12. The molecular weight excluding hydrogens is 236 g/mol. The summed E-state index contributed by atoms with van der Waals surface area (Å²) in [6, 6.07) is 0.249. The van der Waals surface area contributed by atoms with Crippen LogP contribution in [0.15, 0.2) is 12.7 Å². The van der Waals surface area contributed by atoms with Crippen LogP contribution in [0.25, 0.3) is 0 Å². The number of hydrogen-bond donors (Lipinski definition) is 1. The third-order valence-corrected chi connectivity index (χ3v) is 4.94. The first kappa shape index (κ1) is 16.6.